The monoisotopic (exact) mass is 344 g/mol. The van der Waals surface area contributed by atoms with Crippen molar-refractivity contribution in [1.82, 2.24) is 10.2 Å². The van der Waals surface area contributed by atoms with E-state index in [9.17, 15) is 4.79 Å². The van der Waals surface area contributed by atoms with Gasteiger partial charge < -0.3 is 10.2 Å². The van der Waals surface area contributed by atoms with Crippen LogP contribution in [0.1, 0.15) is 36.4 Å². The summed E-state index contributed by atoms with van der Waals surface area (Å²) in [6.45, 7) is 2.61. The Labute approximate surface area is 149 Å². The van der Waals surface area contributed by atoms with E-state index in [4.69, 9.17) is 11.6 Å². The maximum atomic E-state index is 12.3. The van der Waals surface area contributed by atoms with E-state index in [-0.39, 0.29) is 17.9 Å². The molecule has 2 aromatic rings. The first kappa shape index (κ1) is 18.5. The van der Waals surface area contributed by atoms with Crippen LogP contribution in [0.3, 0.4) is 0 Å². The molecule has 3 nitrogen and oxygen atoms in total. The van der Waals surface area contributed by atoms with E-state index in [1.807, 2.05) is 56.6 Å². The first-order valence-electron chi connectivity index (χ1n) is 8.21. The van der Waals surface area contributed by atoms with E-state index in [0.29, 0.717) is 13.0 Å². The van der Waals surface area contributed by atoms with Gasteiger partial charge in [0.1, 0.15) is 0 Å². The van der Waals surface area contributed by atoms with Crippen LogP contribution in [0.2, 0.25) is 5.02 Å². The van der Waals surface area contributed by atoms with Gasteiger partial charge in [0.15, 0.2) is 0 Å². The second-order valence-corrected chi connectivity index (χ2v) is 6.73. The number of nitrogens with zero attached hydrogens (tertiary/aromatic N) is 1. The van der Waals surface area contributed by atoms with Crippen LogP contribution >= 0.6 is 11.6 Å². The van der Waals surface area contributed by atoms with Crippen LogP contribution in [-0.2, 0) is 4.79 Å². The van der Waals surface area contributed by atoms with E-state index in [1.54, 1.807) is 0 Å². The highest BCUT2D eigenvalue weighted by molar-refractivity contribution is 6.31. The van der Waals surface area contributed by atoms with Crippen molar-refractivity contribution in [2.24, 2.45) is 0 Å². The van der Waals surface area contributed by atoms with Gasteiger partial charge >= 0.3 is 0 Å². The summed E-state index contributed by atoms with van der Waals surface area (Å²) >= 11 is 6.30. The van der Waals surface area contributed by atoms with Gasteiger partial charge in [-0.15, -0.1) is 0 Å². The average molecular weight is 345 g/mol. The normalized spacial score (nSPS) is 13.5. The van der Waals surface area contributed by atoms with E-state index in [1.165, 1.54) is 5.56 Å². The number of hydrogen-bond acceptors (Lipinski definition) is 2. The van der Waals surface area contributed by atoms with Gasteiger partial charge in [0.25, 0.3) is 0 Å². The van der Waals surface area contributed by atoms with Crippen LogP contribution in [-0.4, -0.2) is 31.4 Å². The zero-order valence-electron chi connectivity index (χ0n) is 14.5. The Kier molecular flexibility index (Phi) is 6.83. The number of hydrogen-bond donors (Lipinski definition) is 1. The van der Waals surface area contributed by atoms with Crippen molar-refractivity contribution in [2.75, 3.05) is 20.6 Å². The molecule has 1 N–H and O–H groups in total. The summed E-state index contributed by atoms with van der Waals surface area (Å²) in [5.74, 6) is 0.259. The number of benzene rings is 2. The number of halogens is 1. The van der Waals surface area contributed by atoms with Gasteiger partial charge in [-0.25, -0.2) is 0 Å². The molecule has 0 saturated carbocycles. The van der Waals surface area contributed by atoms with Crippen molar-refractivity contribution in [2.45, 2.75) is 25.3 Å². The highest BCUT2D eigenvalue weighted by atomic mass is 35.5. The molecule has 1 amide bonds. The molecule has 24 heavy (non-hydrogen) atoms. The van der Waals surface area contributed by atoms with Gasteiger partial charge in [-0.2, -0.15) is 0 Å². The predicted octanol–water partition coefficient (Wildman–Crippen LogP) is 4.25. The van der Waals surface area contributed by atoms with E-state index >= 15 is 0 Å². The second kappa shape index (κ2) is 8.86. The number of rotatable bonds is 7. The first-order valence-corrected chi connectivity index (χ1v) is 8.59. The topological polar surface area (TPSA) is 32.3 Å². The molecule has 4 heteroatoms. The fourth-order valence-corrected chi connectivity index (χ4v) is 3.04. The molecular formula is C20H25ClN2O. The fourth-order valence-electron chi connectivity index (χ4n) is 2.78. The lowest BCUT2D eigenvalue weighted by Crippen LogP contribution is -2.35. The predicted molar refractivity (Wildman–Crippen MR) is 100 cm³/mol. The lowest BCUT2D eigenvalue weighted by molar-refractivity contribution is -0.121. The van der Waals surface area contributed by atoms with Gasteiger partial charge in [0.2, 0.25) is 5.91 Å². The molecule has 0 bridgehead atoms. The van der Waals surface area contributed by atoms with Crippen molar-refractivity contribution in [1.29, 1.82) is 0 Å². The molecule has 2 aromatic carbocycles. The maximum Gasteiger partial charge on any atom is 0.220 e. The van der Waals surface area contributed by atoms with Crippen LogP contribution in [0.15, 0.2) is 54.6 Å². The standard InChI is InChI=1S/C20H25ClN2O/c1-15(16-9-5-4-6-10-16)13-20(24)22-14-19(23(2)3)17-11-7-8-12-18(17)21/h4-12,15,19H,13-14H2,1-3H3,(H,22,24). The minimum Gasteiger partial charge on any atom is -0.354 e. The molecule has 0 aliphatic rings. The Morgan fingerprint density at radius 3 is 2.33 bits per heavy atom. The lowest BCUT2D eigenvalue weighted by atomic mass is 9.97. The summed E-state index contributed by atoms with van der Waals surface area (Å²) in [7, 11) is 3.99. The first-order chi connectivity index (χ1) is 11.5. The van der Waals surface area contributed by atoms with Crippen molar-refractivity contribution in [3.8, 4) is 0 Å². The molecule has 2 rings (SSSR count). The van der Waals surface area contributed by atoms with Gasteiger partial charge in [0.05, 0.1) is 6.04 Å². The van der Waals surface area contributed by atoms with Crippen molar-refractivity contribution in [3.63, 3.8) is 0 Å². The van der Waals surface area contributed by atoms with Crippen LogP contribution in [0.4, 0.5) is 0 Å². The largest absolute Gasteiger partial charge is 0.354 e. The van der Waals surface area contributed by atoms with Crippen LogP contribution in [0.25, 0.3) is 0 Å². The van der Waals surface area contributed by atoms with Gasteiger partial charge in [-0.1, -0.05) is 67.1 Å². The minimum absolute atomic E-state index is 0.0506. The number of likely N-dealkylation sites (N-methyl/N-ethyl adjacent to an activating group) is 1. The van der Waals surface area contributed by atoms with Crippen LogP contribution < -0.4 is 5.32 Å². The second-order valence-electron chi connectivity index (χ2n) is 6.32. The molecule has 0 heterocycles. The number of carbonyl (C=O) groups excluding carboxylic acids is 1. The Balaban J connectivity index is 1.95. The molecule has 0 spiro atoms. The summed E-state index contributed by atoms with van der Waals surface area (Å²) in [6, 6.07) is 17.9. The minimum atomic E-state index is 0.0506. The molecule has 0 aromatic heterocycles. The molecular weight excluding hydrogens is 320 g/mol. The van der Waals surface area contributed by atoms with Gasteiger partial charge in [0, 0.05) is 18.0 Å². The van der Waals surface area contributed by atoms with Crippen LogP contribution in [0.5, 0.6) is 0 Å². The Bertz CT molecular complexity index is 658. The zero-order chi connectivity index (χ0) is 17.5. The van der Waals surface area contributed by atoms with Gasteiger partial charge in [-0.3, -0.25) is 4.79 Å². The Morgan fingerprint density at radius 1 is 1.08 bits per heavy atom. The SMILES string of the molecule is CC(CC(=O)NCC(c1ccccc1Cl)N(C)C)c1ccccc1. The number of nitrogens with one attached hydrogen (secondary N) is 1. The molecule has 0 aliphatic carbocycles. The molecule has 2 unspecified atom stereocenters. The summed E-state index contributed by atoms with van der Waals surface area (Å²) in [4.78, 5) is 14.4. The molecule has 2 atom stereocenters. The smallest absolute Gasteiger partial charge is 0.220 e. The molecule has 0 fully saturated rings. The average Bonchev–Trinajstić information content (AvgIpc) is 2.57. The fraction of sp³-hybridized carbons (Fsp3) is 0.350. The summed E-state index contributed by atoms with van der Waals surface area (Å²) in [6.07, 6.45) is 0.479. The molecule has 128 valence electrons. The Morgan fingerprint density at radius 2 is 1.71 bits per heavy atom. The Hall–Kier alpha value is -1.84. The third kappa shape index (κ3) is 5.08. The third-order valence-corrected chi connectivity index (χ3v) is 4.58. The summed E-state index contributed by atoms with van der Waals surface area (Å²) in [5, 5.41) is 3.78. The number of amides is 1. The molecule has 0 radical (unpaired) electrons. The molecule has 0 saturated heterocycles. The van der Waals surface area contributed by atoms with Crippen molar-refractivity contribution >= 4 is 17.5 Å². The quantitative estimate of drug-likeness (QED) is 0.814. The highest BCUT2D eigenvalue weighted by Crippen LogP contribution is 2.25. The van der Waals surface area contributed by atoms with Crippen LogP contribution in [0, 0.1) is 0 Å². The third-order valence-electron chi connectivity index (χ3n) is 4.24. The summed E-state index contributed by atoms with van der Waals surface area (Å²) in [5.41, 5.74) is 2.21. The summed E-state index contributed by atoms with van der Waals surface area (Å²) < 4.78 is 0. The number of carbonyl (C=O) groups is 1. The lowest BCUT2D eigenvalue weighted by Gasteiger charge is -2.26. The van der Waals surface area contributed by atoms with Crippen molar-refractivity contribution in [3.05, 3.63) is 70.7 Å². The highest BCUT2D eigenvalue weighted by Gasteiger charge is 2.18. The zero-order valence-corrected chi connectivity index (χ0v) is 15.3. The van der Waals surface area contributed by atoms with E-state index < -0.39 is 0 Å². The van der Waals surface area contributed by atoms with E-state index in [2.05, 4.69) is 29.3 Å². The maximum absolute atomic E-state index is 12.3. The van der Waals surface area contributed by atoms with E-state index in [0.717, 1.165) is 10.6 Å². The van der Waals surface area contributed by atoms with Crippen molar-refractivity contribution < 1.29 is 4.79 Å². The van der Waals surface area contributed by atoms with Gasteiger partial charge in [-0.05, 0) is 37.2 Å². The molecule has 0 aliphatic heterocycles.